The molecular weight excluding hydrogens is 460 g/mol. The highest BCUT2D eigenvalue weighted by atomic mass is 19.4. The number of alkyl halides is 3. The minimum Gasteiger partial charge on any atom is -0.379 e. The van der Waals surface area contributed by atoms with E-state index in [9.17, 15) is 31.9 Å². The van der Waals surface area contributed by atoms with E-state index in [-0.39, 0.29) is 48.3 Å². The Morgan fingerprint density at radius 3 is 2.68 bits per heavy atom. The van der Waals surface area contributed by atoms with E-state index in [4.69, 9.17) is 4.74 Å². The number of nitrogens with zero attached hydrogens (tertiary/aromatic N) is 3. The SMILES string of the molecule is Cc1c(Cc2ccc(F)c(C(=O)N3CCN(C4CCOC4)C(=O)C3)c2)n[nH]c(=O)c1C(F)(F)F. The molecule has 34 heavy (non-hydrogen) atoms. The van der Waals surface area contributed by atoms with Crippen molar-refractivity contribution in [2.45, 2.75) is 32.0 Å². The first-order valence-corrected chi connectivity index (χ1v) is 10.7. The van der Waals surface area contributed by atoms with Gasteiger partial charge in [-0.3, -0.25) is 14.4 Å². The molecule has 1 unspecified atom stereocenters. The number of nitrogens with one attached hydrogen (secondary N) is 1. The number of aromatic amines is 1. The molecule has 1 aromatic carbocycles. The normalized spacial score (nSPS) is 19.1. The lowest BCUT2D eigenvalue weighted by Crippen LogP contribution is -2.55. The lowest BCUT2D eigenvalue weighted by atomic mass is 10.0. The number of carbonyl (C=O) groups is 2. The Labute approximate surface area is 191 Å². The van der Waals surface area contributed by atoms with E-state index in [1.54, 1.807) is 4.90 Å². The zero-order valence-electron chi connectivity index (χ0n) is 18.2. The second-order valence-electron chi connectivity index (χ2n) is 8.32. The summed E-state index contributed by atoms with van der Waals surface area (Å²) in [6.07, 6.45) is -4.30. The predicted octanol–water partition coefficient (Wildman–Crippen LogP) is 1.90. The summed E-state index contributed by atoms with van der Waals surface area (Å²) in [7, 11) is 0. The molecule has 0 radical (unpaired) electrons. The highest BCUT2D eigenvalue weighted by Gasteiger charge is 2.37. The first-order valence-electron chi connectivity index (χ1n) is 10.7. The van der Waals surface area contributed by atoms with Crippen molar-refractivity contribution >= 4 is 11.8 Å². The van der Waals surface area contributed by atoms with Crippen LogP contribution in [0.3, 0.4) is 0 Å². The van der Waals surface area contributed by atoms with Gasteiger partial charge in [0.25, 0.3) is 11.5 Å². The number of rotatable bonds is 4. The number of carbonyl (C=O) groups excluding carboxylic acids is 2. The monoisotopic (exact) mass is 482 g/mol. The molecule has 0 saturated carbocycles. The van der Waals surface area contributed by atoms with Crippen LogP contribution in [0.1, 0.15) is 39.2 Å². The van der Waals surface area contributed by atoms with Gasteiger partial charge >= 0.3 is 6.18 Å². The van der Waals surface area contributed by atoms with Crippen LogP contribution in [-0.4, -0.2) is 70.7 Å². The Balaban J connectivity index is 1.53. The Morgan fingerprint density at radius 2 is 2.03 bits per heavy atom. The summed E-state index contributed by atoms with van der Waals surface area (Å²) in [6.45, 7) is 2.49. The Kier molecular flexibility index (Phi) is 6.43. The maximum absolute atomic E-state index is 14.5. The zero-order chi connectivity index (χ0) is 24.6. The minimum absolute atomic E-state index is 0.0283. The highest BCUT2D eigenvalue weighted by Crippen LogP contribution is 2.30. The van der Waals surface area contributed by atoms with E-state index < -0.39 is 29.0 Å². The van der Waals surface area contributed by atoms with Crippen LogP contribution in [0.5, 0.6) is 0 Å². The fourth-order valence-corrected chi connectivity index (χ4v) is 4.31. The van der Waals surface area contributed by atoms with Gasteiger partial charge < -0.3 is 14.5 Å². The van der Waals surface area contributed by atoms with E-state index in [0.29, 0.717) is 25.3 Å². The maximum atomic E-state index is 14.5. The van der Waals surface area contributed by atoms with Gasteiger partial charge in [0.1, 0.15) is 17.9 Å². The van der Waals surface area contributed by atoms with Crippen LogP contribution in [0, 0.1) is 12.7 Å². The zero-order valence-corrected chi connectivity index (χ0v) is 18.2. The van der Waals surface area contributed by atoms with Gasteiger partial charge in [-0.2, -0.15) is 18.3 Å². The number of hydrogen-bond donors (Lipinski definition) is 1. The first kappa shape index (κ1) is 23.9. The van der Waals surface area contributed by atoms with Gasteiger partial charge in [-0.25, -0.2) is 9.49 Å². The van der Waals surface area contributed by atoms with Crippen molar-refractivity contribution in [3.63, 3.8) is 0 Å². The van der Waals surface area contributed by atoms with Crippen molar-refractivity contribution in [3.8, 4) is 0 Å². The molecule has 0 bridgehead atoms. The summed E-state index contributed by atoms with van der Waals surface area (Å²) in [5.74, 6) is -1.74. The lowest BCUT2D eigenvalue weighted by molar-refractivity contribution is -0.139. The van der Waals surface area contributed by atoms with Gasteiger partial charge in [0.05, 0.1) is 23.9 Å². The molecule has 8 nitrogen and oxygen atoms in total. The molecule has 2 fully saturated rings. The second-order valence-corrected chi connectivity index (χ2v) is 8.32. The van der Waals surface area contributed by atoms with Crippen LogP contribution in [0.2, 0.25) is 0 Å². The molecule has 2 aliphatic heterocycles. The van der Waals surface area contributed by atoms with E-state index in [0.717, 1.165) is 19.4 Å². The number of piperazine rings is 1. The molecule has 1 atom stereocenters. The minimum atomic E-state index is -4.86. The molecule has 2 amide bonds. The van der Waals surface area contributed by atoms with E-state index in [1.807, 2.05) is 5.10 Å². The highest BCUT2D eigenvalue weighted by molar-refractivity contribution is 5.97. The number of H-pyrrole nitrogens is 1. The quantitative estimate of drug-likeness (QED) is 0.672. The van der Waals surface area contributed by atoms with Crippen molar-refractivity contribution < 1.29 is 31.9 Å². The largest absolute Gasteiger partial charge is 0.422 e. The molecule has 0 aliphatic carbocycles. The van der Waals surface area contributed by atoms with Gasteiger partial charge in [-0.15, -0.1) is 0 Å². The molecule has 1 aromatic heterocycles. The Hall–Kier alpha value is -3.28. The van der Waals surface area contributed by atoms with E-state index in [2.05, 4.69) is 5.10 Å². The average Bonchev–Trinajstić information content (AvgIpc) is 3.30. The number of benzene rings is 1. The van der Waals surface area contributed by atoms with Crippen LogP contribution >= 0.6 is 0 Å². The second kappa shape index (κ2) is 9.16. The van der Waals surface area contributed by atoms with Gasteiger partial charge in [0.2, 0.25) is 5.91 Å². The molecular formula is C22H22F4N4O4. The van der Waals surface area contributed by atoms with Gasteiger partial charge in [0.15, 0.2) is 0 Å². The van der Waals surface area contributed by atoms with Crippen LogP contribution in [0.15, 0.2) is 23.0 Å². The van der Waals surface area contributed by atoms with Crippen LogP contribution in [0.4, 0.5) is 17.6 Å². The van der Waals surface area contributed by atoms with E-state index in [1.165, 1.54) is 17.0 Å². The van der Waals surface area contributed by atoms with Crippen molar-refractivity contribution in [3.05, 3.63) is 62.3 Å². The summed E-state index contributed by atoms with van der Waals surface area (Å²) in [5, 5.41) is 5.55. The molecule has 1 N–H and O–H groups in total. The lowest BCUT2D eigenvalue weighted by Gasteiger charge is -2.37. The fraction of sp³-hybridized carbons (Fsp3) is 0.455. The number of aromatic nitrogens is 2. The van der Waals surface area contributed by atoms with Gasteiger partial charge in [0, 0.05) is 26.1 Å². The standard InChI is InChI=1S/C22H22F4N4O4/c1-12-17(27-28-20(32)19(12)22(24,25)26)9-13-2-3-16(23)15(8-13)21(33)29-5-6-30(18(31)10-29)14-4-7-34-11-14/h2-3,8,14H,4-7,9-11H2,1H3,(H,28,32). The molecule has 12 heteroatoms. The van der Waals surface area contributed by atoms with Crippen LogP contribution < -0.4 is 5.56 Å². The number of halogens is 4. The summed E-state index contributed by atoms with van der Waals surface area (Å²) in [5.41, 5.74) is -3.06. The summed E-state index contributed by atoms with van der Waals surface area (Å²) in [4.78, 5) is 40.1. The predicted molar refractivity (Wildman–Crippen MR) is 111 cm³/mol. The van der Waals surface area contributed by atoms with Gasteiger partial charge in [-0.1, -0.05) is 6.07 Å². The topological polar surface area (TPSA) is 95.6 Å². The summed E-state index contributed by atoms with van der Waals surface area (Å²) in [6, 6.07) is 3.58. The third-order valence-corrected chi connectivity index (χ3v) is 6.13. The molecule has 2 aromatic rings. The van der Waals surface area contributed by atoms with Crippen molar-refractivity contribution in [2.75, 3.05) is 32.8 Å². The summed E-state index contributed by atoms with van der Waals surface area (Å²) >= 11 is 0. The molecule has 2 saturated heterocycles. The third-order valence-electron chi connectivity index (χ3n) is 6.13. The smallest absolute Gasteiger partial charge is 0.379 e. The van der Waals surface area contributed by atoms with Crippen molar-refractivity contribution in [1.29, 1.82) is 0 Å². The average molecular weight is 482 g/mol. The van der Waals surface area contributed by atoms with Crippen LogP contribution in [-0.2, 0) is 22.1 Å². The third kappa shape index (κ3) is 4.67. The fourth-order valence-electron chi connectivity index (χ4n) is 4.31. The van der Waals surface area contributed by atoms with Crippen LogP contribution in [0.25, 0.3) is 0 Å². The number of ether oxygens (including phenoxy) is 1. The molecule has 3 heterocycles. The van der Waals surface area contributed by atoms with Crippen molar-refractivity contribution in [2.24, 2.45) is 0 Å². The molecule has 4 rings (SSSR count). The molecule has 182 valence electrons. The maximum Gasteiger partial charge on any atom is 0.422 e. The number of hydrogen-bond acceptors (Lipinski definition) is 5. The van der Waals surface area contributed by atoms with E-state index >= 15 is 0 Å². The summed E-state index contributed by atoms with van der Waals surface area (Å²) < 4.78 is 59.5. The van der Waals surface area contributed by atoms with Gasteiger partial charge in [-0.05, 0) is 36.6 Å². The van der Waals surface area contributed by atoms with Crippen molar-refractivity contribution in [1.82, 2.24) is 20.0 Å². The molecule has 2 aliphatic rings. The Morgan fingerprint density at radius 1 is 1.26 bits per heavy atom. The first-order chi connectivity index (χ1) is 16.1. The molecule has 0 spiro atoms. The Bertz CT molecular complexity index is 1170. The number of amides is 2.